The molecule has 1 saturated heterocycles. The second kappa shape index (κ2) is 4.64. The summed E-state index contributed by atoms with van der Waals surface area (Å²) in [6.45, 7) is 5.61. The molecule has 0 aromatic carbocycles. The third-order valence-corrected chi connectivity index (χ3v) is 3.65. The zero-order chi connectivity index (χ0) is 13.4. The molecule has 0 bridgehead atoms. The van der Waals surface area contributed by atoms with E-state index in [1.54, 1.807) is 10.7 Å². The quantitative estimate of drug-likeness (QED) is 0.785. The minimum atomic E-state index is 0.0622. The number of carbonyl (C=O) groups is 1. The molecule has 3 rings (SSSR count). The minimum Gasteiger partial charge on any atom is -0.338 e. The monoisotopic (exact) mass is 258 g/mol. The van der Waals surface area contributed by atoms with Crippen LogP contribution >= 0.6 is 0 Å². The Kier molecular flexibility index (Phi) is 2.97. The third-order valence-electron chi connectivity index (χ3n) is 3.65. The second-order valence-corrected chi connectivity index (χ2v) is 5.19. The van der Waals surface area contributed by atoms with E-state index in [2.05, 4.69) is 10.1 Å². The molecule has 19 heavy (non-hydrogen) atoms. The highest BCUT2D eigenvalue weighted by atomic mass is 16.2. The van der Waals surface area contributed by atoms with E-state index in [1.165, 1.54) is 6.42 Å². The predicted molar refractivity (Wildman–Crippen MR) is 72.2 cm³/mol. The van der Waals surface area contributed by atoms with Crippen molar-refractivity contribution in [2.24, 2.45) is 0 Å². The Hall–Kier alpha value is -1.91. The molecule has 2 aromatic heterocycles. The number of fused-ring (bicyclic) bond motifs is 1. The van der Waals surface area contributed by atoms with Crippen LogP contribution in [0.25, 0.3) is 5.65 Å². The molecule has 1 amide bonds. The van der Waals surface area contributed by atoms with E-state index in [4.69, 9.17) is 0 Å². The van der Waals surface area contributed by atoms with E-state index in [9.17, 15) is 4.79 Å². The number of carbonyl (C=O) groups excluding carboxylic acids is 1. The molecule has 3 heterocycles. The molecule has 0 N–H and O–H groups in total. The van der Waals surface area contributed by atoms with Gasteiger partial charge in [0.15, 0.2) is 5.65 Å². The van der Waals surface area contributed by atoms with Crippen LogP contribution in [0.15, 0.2) is 12.3 Å². The lowest BCUT2D eigenvalue weighted by atomic mass is 10.1. The average Bonchev–Trinajstić information content (AvgIpc) is 2.83. The van der Waals surface area contributed by atoms with Gasteiger partial charge in [-0.05, 0) is 39.2 Å². The summed E-state index contributed by atoms with van der Waals surface area (Å²) in [5.41, 5.74) is 3.21. The number of aromatic nitrogens is 3. The topological polar surface area (TPSA) is 50.5 Å². The van der Waals surface area contributed by atoms with Crippen LogP contribution in [0.5, 0.6) is 0 Å². The number of rotatable bonds is 1. The van der Waals surface area contributed by atoms with Crippen molar-refractivity contribution >= 4 is 11.6 Å². The van der Waals surface area contributed by atoms with Crippen LogP contribution in [0.3, 0.4) is 0 Å². The van der Waals surface area contributed by atoms with E-state index in [-0.39, 0.29) is 5.91 Å². The number of hydrogen-bond donors (Lipinski definition) is 0. The van der Waals surface area contributed by atoms with Crippen LogP contribution in [-0.4, -0.2) is 38.5 Å². The van der Waals surface area contributed by atoms with Gasteiger partial charge in [-0.1, -0.05) is 0 Å². The molecule has 0 aliphatic carbocycles. The molecule has 2 aromatic rings. The van der Waals surface area contributed by atoms with Gasteiger partial charge in [0.1, 0.15) is 5.56 Å². The first-order valence-electron chi connectivity index (χ1n) is 6.78. The van der Waals surface area contributed by atoms with Gasteiger partial charge in [-0.25, -0.2) is 9.50 Å². The molecular formula is C14H18N4O. The van der Waals surface area contributed by atoms with Gasteiger partial charge in [0.25, 0.3) is 5.91 Å². The molecule has 0 saturated carbocycles. The minimum absolute atomic E-state index is 0.0622. The van der Waals surface area contributed by atoms with E-state index in [0.29, 0.717) is 11.2 Å². The lowest BCUT2D eigenvalue weighted by molar-refractivity contribution is 0.0726. The predicted octanol–water partition coefficient (Wildman–Crippen LogP) is 1.97. The van der Waals surface area contributed by atoms with Crippen LogP contribution in [0, 0.1) is 13.8 Å². The first-order valence-corrected chi connectivity index (χ1v) is 6.78. The normalized spacial score (nSPS) is 16.0. The largest absolute Gasteiger partial charge is 0.338 e. The number of amides is 1. The van der Waals surface area contributed by atoms with Gasteiger partial charge in [0, 0.05) is 24.5 Å². The van der Waals surface area contributed by atoms with Crippen molar-refractivity contribution in [2.75, 3.05) is 13.1 Å². The van der Waals surface area contributed by atoms with Crippen molar-refractivity contribution < 1.29 is 4.79 Å². The van der Waals surface area contributed by atoms with E-state index >= 15 is 0 Å². The lowest BCUT2D eigenvalue weighted by Gasteiger charge is -2.26. The van der Waals surface area contributed by atoms with Gasteiger partial charge >= 0.3 is 0 Å². The SMILES string of the molecule is Cc1cc(C)n2ncc(C(=O)N3CCCCC3)c2n1. The maximum Gasteiger partial charge on any atom is 0.259 e. The molecular weight excluding hydrogens is 240 g/mol. The number of hydrogen-bond acceptors (Lipinski definition) is 3. The standard InChI is InChI=1S/C14H18N4O/c1-10-8-11(2)18-13(16-10)12(9-15-18)14(19)17-6-4-3-5-7-17/h8-9H,3-7H2,1-2H3. The average molecular weight is 258 g/mol. The van der Waals surface area contributed by atoms with Gasteiger partial charge in [0.2, 0.25) is 0 Å². The Balaban J connectivity index is 2.02. The Labute approximate surface area is 112 Å². The first kappa shape index (κ1) is 12.1. The van der Waals surface area contributed by atoms with Crippen molar-refractivity contribution in [3.63, 3.8) is 0 Å². The molecule has 0 radical (unpaired) electrons. The summed E-state index contributed by atoms with van der Waals surface area (Å²) in [5, 5.41) is 4.28. The summed E-state index contributed by atoms with van der Waals surface area (Å²) in [7, 11) is 0. The fourth-order valence-electron chi connectivity index (χ4n) is 2.69. The summed E-state index contributed by atoms with van der Waals surface area (Å²) in [4.78, 5) is 18.9. The maximum absolute atomic E-state index is 12.5. The summed E-state index contributed by atoms with van der Waals surface area (Å²) in [6.07, 6.45) is 5.05. The Morgan fingerprint density at radius 2 is 1.95 bits per heavy atom. The van der Waals surface area contributed by atoms with E-state index in [1.807, 2.05) is 24.8 Å². The summed E-state index contributed by atoms with van der Waals surface area (Å²) in [5.74, 6) is 0.0622. The van der Waals surface area contributed by atoms with E-state index < -0.39 is 0 Å². The zero-order valence-corrected chi connectivity index (χ0v) is 11.4. The molecule has 100 valence electrons. The molecule has 0 spiro atoms. The van der Waals surface area contributed by atoms with Gasteiger partial charge in [0.05, 0.1) is 6.20 Å². The Bertz CT molecular complexity index is 626. The lowest BCUT2D eigenvalue weighted by Crippen LogP contribution is -2.35. The van der Waals surface area contributed by atoms with Crippen molar-refractivity contribution in [3.8, 4) is 0 Å². The fourth-order valence-corrected chi connectivity index (χ4v) is 2.69. The molecule has 5 heteroatoms. The molecule has 1 aliphatic rings. The third kappa shape index (κ3) is 2.09. The van der Waals surface area contributed by atoms with Crippen molar-refractivity contribution in [1.82, 2.24) is 19.5 Å². The molecule has 1 aliphatic heterocycles. The van der Waals surface area contributed by atoms with Crippen LogP contribution in [0.4, 0.5) is 0 Å². The van der Waals surface area contributed by atoms with Gasteiger partial charge < -0.3 is 4.90 Å². The summed E-state index contributed by atoms with van der Waals surface area (Å²) < 4.78 is 1.74. The Morgan fingerprint density at radius 1 is 1.21 bits per heavy atom. The zero-order valence-electron chi connectivity index (χ0n) is 11.4. The smallest absolute Gasteiger partial charge is 0.259 e. The highest BCUT2D eigenvalue weighted by Crippen LogP contribution is 2.17. The van der Waals surface area contributed by atoms with Crippen molar-refractivity contribution in [2.45, 2.75) is 33.1 Å². The fraction of sp³-hybridized carbons (Fsp3) is 0.500. The highest BCUT2D eigenvalue weighted by molar-refractivity contribution is 5.99. The Morgan fingerprint density at radius 3 is 2.68 bits per heavy atom. The molecule has 1 fully saturated rings. The number of nitrogens with zero attached hydrogens (tertiary/aromatic N) is 4. The first-order chi connectivity index (χ1) is 9.16. The maximum atomic E-state index is 12.5. The molecule has 0 unspecified atom stereocenters. The second-order valence-electron chi connectivity index (χ2n) is 5.19. The van der Waals surface area contributed by atoms with E-state index in [0.717, 1.165) is 37.3 Å². The van der Waals surface area contributed by atoms with Crippen LogP contribution in [0.2, 0.25) is 0 Å². The highest BCUT2D eigenvalue weighted by Gasteiger charge is 2.22. The van der Waals surface area contributed by atoms with Crippen LogP contribution in [0.1, 0.15) is 41.0 Å². The molecule has 5 nitrogen and oxygen atoms in total. The summed E-state index contributed by atoms with van der Waals surface area (Å²) in [6, 6.07) is 1.97. The number of piperidine rings is 1. The van der Waals surface area contributed by atoms with Crippen LogP contribution in [-0.2, 0) is 0 Å². The number of aryl methyl sites for hydroxylation is 2. The summed E-state index contributed by atoms with van der Waals surface area (Å²) >= 11 is 0. The van der Waals surface area contributed by atoms with Gasteiger partial charge in [-0.15, -0.1) is 0 Å². The number of likely N-dealkylation sites (tertiary alicyclic amines) is 1. The van der Waals surface area contributed by atoms with Gasteiger partial charge in [-0.3, -0.25) is 4.79 Å². The van der Waals surface area contributed by atoms with Crippen molar-refractivity contribution in [3.05, 3.63) is 29.2 Å². The van der Waals surface area contributed by atoms with Gasteiger partial charge in [-0.2, -0.15) is 5.10 Å². The van der Waals surface area contributed by atoms with Crippen molar-refractivity contribution in [1.29, 1.82) is 0 Å². The van der Waals surface area contributed by atoms with Crippen LogP contribution < -0.4 is 0 Å². The molecule has 0 atom stereocenters.